The molecular formula is C21H20F4N2O. The summed E-state index contributed by atoms with van der Waals surface area (Å²) >= 11 is 0. The minimum atomic E-state index is -2.92. The second-order valence-electron chi connectivity index (χ2n) is 6.41. The Morgan fingerprint density at radius 3 is 2.50 bits per heavy atom. The fraction of sp³-hybridized carbons (Fsp3) is 0.286. The molecule has 7 heteroatoms. The van der Waals surface area contributed by atoms with E-state index in [0.717, 1.165) is 11.3 Å². The highest BCUT2D eigenvalue weighted by molar-refractivity contribution is 5.77. The van der Waals surface area contributed by atoms with Gasteiger partial charge in [0, 0.05) is 29.6 Å². The van der Waals surface area contributed by atoms with Gasteiger partial charge in [-0.3, -0.25) is 4.99 Å². The maximum atomic E-state index is 14.2. The minimum absolute atomic E-state index is 0.0435. The largest absolute Gasteiger partial charge is 0.435 e. The molecule has 3 nitrogen and oxygen atoms in total. The van der Waals surface area contributed by atoms with E-state index in [1.54, 1.807) is 36.6 Å². The summed E-state index contributed by atoms with van der Waals surface area (Å²) in [6.45, 7) is 0.398. The molecule has 2 aromatic carbocycles. The van der Waals surface area contributed by atoms with Gasteiger partial charge >= 0.3 is 6.61 Å². The van der Waals surface area contributed by atoms with E-state index in [-0.39, 0.29) is 17.7 Å². The average molecular weight is 392 g/mol. The van der Waals surface area contributed by atoms with E-state index in [9.17, 15) is 17.6 Å². The molecule has 1 aliphatic rings. The van der Waals surface area contributed by atoms with Crippen LogP contribution in [-0.4, -0.2) is 12.8 Å². The highest BCUT2D eigenvalue weighted by atomic mass is 19.3. The molecule has 3 rings (SSSR count). The number of anilines is 1. The van der Waals surface area contributed by atoms with Crippen LogP contribution >= 0.6 is 0 Å². The van der Waals surface area contributed by atoms with Crippen LogP contribution in [0.25, 0.3) is 0 Å². The van der Waals surface area contributed by atoms with Gasteiger partial charge in [-0.05, 0) is 42.8 Å². The zero-order chi connectivity index (χ0) is 20.3. The molecule has 0 saturated heterocycles. The van der Waals surface area contributed by atoms with E-state index in [4.69, 9.17) is 0 Å². The van der Waals surface area contributed by atoms with Crippen molar-refractivity contribution in [3.05, 3.63) is 71.4 Å². The number of alkyl halides is 4. The lowest BCUT2D eigenvalue weighted by molar-refractivity contribution is -0.0498. The fourth-order valence-corrected chi connectivity index (χ4v) is 3.06. The molecule has 0 fully saturated rings. The van der Waals surface area contributed by atoms with Gasteiger partial charge in [-0.2, -0.15) is 8.78 Å². The van der Waals surface area contributed by atoms with Gasteiger partial charge in [0.1, 0.15) is 5.75 Å². The predicted octanol–water partition coefficient (Wildman–Crippen LogP) is 6.28. The fourth-order valence-electron chi connectivity index (χ4n) is 3.06. The lowest BCUT2D eigenvalue weighted by Crippen LogP contribution is -2.28. The third-order valence-corrected chi connectivity index (χ3v) is 4.56. The summed E-state index contributed by atoms with van der Waals surface area (Å²) in [4.78, 5) is 6.29. The first-order chi connectivity index (χ1) is 13.3. The molecule has 2 aromatic rings. The van der Waals surface area contributed by atoms with Crippen molar-refractivity contribution in [3.63, 3.8) is 0 Å². The van der Waals surface area contributed by atoms with Crippen molar-refractivity contribution in [3.8, 4) is 5.75 Å². The van der Waals surface area contributed by atoms with Crippen molar-refractivity contribution in [2.24, 2.45) is 4.99 Å². The number of rotatable bonds is 6. The molecule has 0 spiro atoms. The summed E-state index contributed by atoms with van der Waals surface area (Å²) in [5, 5.41) is 0. The van der Waals surface area contributed by atoms with Crippen LogP contribution in [0, 0.1) is 0 Å². The molecule has 0 aromatic heterocycles. The summed E-state index contributed by atoms with van der Waals surface area (Å²) in [6.07, 6.45) is 2.63. The molecule has 1 unspecified atom stereocenters. The van der Waals surface area contributed by atoms with Gasteiger partial charge in [0.2, 0.25) is 0 Å². The molecule has 0 N–H and O–H groups in total. The third kappa shape index (κ3) is 4.18. The Kier molecular flexibility index (Phi) is 5.72. The molecule has 0 amide bonds. The molecule has 0 aliphatic carbocycles. The third-order valence-electron chi connectivity index (χ3n) is 4.56. The topological polar surface area (TPSA) is 24.8 Å². The molecule has 1 heterocycles. The Morgan fingerprint density at radius 2 is 1.86 bits per heavy atom. The standard InChI is InChI=1S/C21H20F4N2O/c1-3-21(24,25)16-5-4-6-17(13-16)27-14(2)11-12-26-19(27)15-7-9-18(10-8-15)28-20(22)23/h4-13,19-20H,3H2,1-2H3. The van der Waals surface area contributed by atoms with Crippen LogP contribution < -0.4 is 9.64 Å². The lowest BCUT2D eigenvalue weighted by Gasteiger charge is -2.34. The monoisotopic (exact) mass is 392 g/mol. The number of benzene rings is 2. The maximum Gasteiger partial charge on any atom is 0.387 e. The van der Waals surface area contributed by atoms with Gasteiger partial charge in [-0.15, -0.1) is 0 Å². The van der Waals surface area contributed by atoms with Crippen LogP contribution in [0.2, 0.25) is 0 Å². The van der Waals surface area contributed by atoms with Crippen LogP contribution in [0.1, 0.15) is 37.6 Å². The van der Waals surface area contributed by atoms with Gasteiger partial charge in [-0.25, -0.2) is 8.78 Å². The van der Waals surface area contributed by atoms with Crippen LogP contribution in [-0.2, 0) is 5.92 Å². The average Bonchev–Trinajstić information content (AvgIpc) is 2.68. The second-order valence-corrected chi connectivity index (χ2v) is 6.41. The van der Waals surface area contributed by atoms with Crippen molar-refractivity contribution in [2.45, 2.75) is 39.0 Å². The van der Waals surface area contributed by atoms with Gasteiger partial charge < -0.3 is 9.64 Å². The second kappa shape index (κ2) is 8.04. The highest BCUT2D eigenvalue weighted by Crippen LogP contribution is 2.38. The number of hydrogen-bond acceptors (Lipinski definition) is 3. The first kappa shape index (κ1) is 19.9. The van der Waals surface area contributed by atoms with Crippen molar-refractivity contribution >= 4 is 11.9 Å². The quantitative estimate of drug-likeness (QED) is 0.540. The highest BCUT2D eigenvalue weighted by Gasteiger charge is 2.31. The van der Waals surface area contributed by atoms with Crippen molar-refractivity contribution in [1.29, 1.82) is 0 Å². The van der Waals surface area contributed by atoms with Crippen molar-refractivity contribution in [1.82, 2.24) is 0 Å². The van der Waals surface area contributed by atoms with Crippen LogP contribution in [0.15, 0.2) is 65.3 Å². The maximum absolute atomic E-state index is 14.2. The number of halogens is 4. The Balaban J connectivity index is 1.95. The molecule has 0 radical (unpaired) electrons. The van der Waals surface area contributed by atoms with E-state index in [1.807, 2.05) is 11.8 Å². The van der Waals surface area contributed by atoms with Crippen LogP contribution in [0.5, 0.6) is 5.75 Å². The Bertz CT molecular complexity index is 878. The van der Waals surface area contributed by atoms with Gasteiger partial charge in [0.25, 0.3) is 5.92 Å². The van der Waals surface area contributed by atoms with E-state index in [0.29, 0.717) is 5.69 Å². The Labute approximate surface area is 161 Å². The Morgan fingerprint density at radius 1 is 1.14 bits per heavy atom. The molecule has 1 aliphatic heterocycles. The molecule has 0 bridgehead atoms. The number of allylic oxidation sites excluding steroid dienone is 2. The summed E-state index contributed by atoms with van der Waals surface area (Å²) in [6, 6.07) is 12.3. The number of nitrogens with zero attached hydrogens (tertiary/aromatic N) is 2. The molecule has 1 atom stereocenters. The SMILES string of the molecule is CCC(F)(F)c1cccc(N2C(C)=CC=NC2c2ccc(OC(F)F)cc2)c1. The summed E-state index contributed by atoms with van der Waals surface area (Å²) in [7, 11) is 0. The van der Waals surface area contributed by atoms with Crippen molar-refractivity contribution in [2.75, 3.05) is 4.90 Å². The number of aliphatic imine (C=N–C) groups is 1. The predicted molar refractivity (Wildman–Crippen MR) is 101 cm³/mol. The van der Waals surface area contributed by atoms with E-state index in [1.165, 1.54) is 31.2 Å². The normalized spacial score (nSPS) is 17.0. The number of hydrogen-bond donors (Lipinski definition) is 0. The smallest absolute Gasteiger partial charge is 0.387 e. The molecule has 0 saturated carbocycles. The first-order valence-corrected chi connectivity index (χ1v) is 8.84. The van der Waals surface area contributed by atoms with Gasteiger partial charge in [0.15, 0.2) is 6.17 Å². The summed E-state index contributed by atoms with van der Waals surface area (Å²) in [5.41, 5.74) is 2.06. The lowest BCUT2D eigenvalue weighted by atomic mass is 10.0. The summed E-state index contributed by atoms with van der Waals surface area (Å²) in [5.74, 6) is -2.88. The number of ether oxygens (including phenoxy) is 1. The van der Waals surface area contributed by atoms with E-state index < -0.39 is 18.7 Å². The zero-order valence-electron chi connectivity index (χ0n) is 15.4. The van der Waals surface area contributed by atoms with Gasteiger partial charge in [-0.1, -0.05) is 31.2 Å². The summed E-state index contributed by atoms with van der Waals surface area (Å²) < 4.78 is 57.4. The molecule has 148 valence electrons. The first-order valence-electron chi connectivity index (χ1n) is 8.84. The van der Waals surface area contributed by atoms with Crippen LogP contribution in [0.3, 0.4) is 0 Å². The van der Waals surface area contributed by atoms with Crippen molar-refractivity contribution < 1.29 is 22.3 Å². The minimum Gasteiger partial charge on any atom is -0.435 e. The van der Waals surface area contributed by atoms with Crippen LogP contribution in [0.4, 0.5) is 23.2 Å². The molecular weight excluding hydrogens is 372 g/mol. The van der Waals surface area contributed by atoms with Gasteiger partial charge in [0.05, 0.1) is 0 Å². The molecule has 28 heavy (non-hydrogen) atoms. The van der Waals surface area contributed by atoms with E-state index >= 15 is 0 Å². The van der Waals surface area contributed by atoms with E-state index in [2.05, 4.69) is 9.73 Å². The Hall–Kier alpha value is -2.83. The zero-order valence-corrected chi connectivity index (χ0v) is 15.4.